The molecular formula is C10H20N2. The van der Waals surface area contributed by atoms with Crippen LogP contribution in [0.15, 0.2) is 0 Å². The second kappa shape index (κ2) is 3.00. The van der Waals surface area contributed by atoms with Crippen molar-refractivity contribution in [1.29, 1.82) is 0 Å². The van der Waals surface area contributed by atoms with Gasteiger partial charge in [0, 0.05) is 25.7 Å². The van der Waals surface area contributed by atoms with E-state index >= 15 is 0 Å². The van der Waals surface area contributed by atoms with E-state index in [2.05, 4.69) is 24.1 Å². The maximum absolute atomic E-state index is 3.47. The van der Waals surface area contributed by atoms with E-state index in [0.717, 1.165) is 6.04 Å². The molecule has 2 aliphatic heterocycles. The predicted molar refractivity (Wildman–Crippen MR) is 51.2 cm³/mol. The molecule has 1 N–H and O–H groups in total. The van der Waals surface area contributed by atoms with Crippen LogP contribution in [-0.2, 0) is 0 Å². The van der Waals surface area contributed by atoms with Crippen LogP contribution in [0.3, 0.4) is 0 Å². The highest BCUT2D eigenvalue weighted by Crippen LogP contribution is 2.31. The Labute approximate surface area is 75.3 Å². The van der Waals surface area contributed by atoms with Crippen LogP contribution in [-0.4, -0.2) is 37.1 Å². The summed E-state index contributed by atoms with van der Waals surface area (Å²) in [6, 6.07) is 0.840. The van der Waals surface area contributed by atoms with Crippen molar-refractivity contribution < 1.29 is 0 Å². The molecule has 2 aliphatic rings. The third-order valence-corrected chi connectivity index (χ3v) is 3.05. The van der Waals surface area contributed by atoms with Crippen LogP contribution in [0.2, 0.25) is 0 Å². The van der Waals surface area contributed by atoms with Crippen molar-refractivity contribution in [2.75, 3.05) is 26.2 Å². The smallest absolute Gasteiger partial charge is 0.0221 e. The van der Waals surface area contributed by atoms with E-state index in [4.69, 9.17) is 0 Å². The summed E-state index contributed by atoms with van der Waals surface area (Å²) in [5, 5.41) is 3.47. The van der Waals surface area contributed by atoms with Crippen LogP contribution in [0.1, 0.15) is 26.7 Å². The average Bonchev–Trinajstić information content (AvgIpc) is 2.02. The van der Waals surface area contributed by atoms with E-state index in [0.29, 0.717) is 5.41 Å². The molecule has 0 radical (unpaired) electrons. The predicted octanol–water partition coefficient (Wildman–Crippen LogP) is 1.08. The third-order valence-electron chi connectivity index (χ3n) is 3.05. The molecule has 0 bridgehead atoms. The Bertz CT molecular complexity index is 151. The molecule has 2 saturated heterocycles. The van der Waals surface area contributed by atoms with Crippen molar-refractivity contribution in [2.45, 2.75) is 32.7 Å². The number of rotatable bonds is 1. The van der Waals surface area contributed by atoms with Gasteiger partial charge in [-0.15, -0.1) is 0 Å². The Balaban J connectivity index is 1.79. The highest BCUT2D eigenvalue weighted by atomic mass is 15.2. The van der Waals surface area contributed by atoms with Gasteiger partial charge in [-0.2, -0.15) is 0 Å². The van der Waals surface area contributed by atoms with Crippen LogP contribution in [0.4, 0.5) is 0 Å². The van der Waals surface area contributed by atoms with Crippen molar-refractivity contribution in [3.63, 3.8) is 0 Å². The average molecular weight is 168 g/mol. The van der Waals surface area contributed by atoms with Crippen molar-refractivity contribution >= 4 is 0 Å². The number of hydrogen-bond acceptors (Lipinski definition) is 2. The SMILES string of the molecule is CC1(C)CN(C2CCCNC2)C1. The molecule has 0 amide bonds. The second-order valence-corrected chi connectivity index (χ2v) is 5.07. The molecule has 0 aromatic carbocycles. The minimum atomic E-state index is 0.595. The van der Waals surface area contributed by atoms with Gasteiger partial charge in [0.15, 0.2) is 0 Å². The summed E-state index contributed by atoms with van der Waals surface area (Å²) in [6.07, 6.45) is 2.77. The summed E-state index contributed by atoms with van der Waals surface area (Å²) in [5.74, 6) is 0. The maximum Gasteiger partial charge on any atom is 0.0221 e. The molecule has 2 nitrogen and oxygen atoms in total. The van der Waals surface area contributed by atoms with E-state index in [1.807, 2.05) is 0 Å². The Kier molecular flexibility index (Phi) is 2.13. The van der Waals surface area contributed by atoms with Gasteiger partial charge in [0.2, 0.25) is 0 Å². The lowest BCUT2D eigenvalue weighted by Crippen LogP contribution is -2.60. The summed E-state index contributed by atoms with van der Waals surface area (Å²) in [4.78, 5) is 2.63. The molecule has 2 rings (SSSR count). The summed E-state index contributed by atoms with van der Waals surface area (Å²) in [7, 11) is 0. The van der Waals surface area contributed by atoms with Crippen LogP contribution in [0.5, 0.6) is 0 Å². The standard InChI is InChI=1S/C10H20N2/c1-10(2)7-12(8-10)9-4-3-5-11-6-9/h9,11H,3-8H2,1-2H3. The highest BCUT2D eigenvalue weighted by Gasteiger charge is 2.38. The molecule has 2 fully saturated rings. The fourth-order valence-electron chi connectivity index (χ4n) is 2.46. The largest absolute Gasteiger partial charge is 0.315 e. The van der Waals surface area contributed by atoms with Gasteiger partial charge in [0.1, 0.15) is 0 Å². The van der Waals surface area contributed by atoms with Gasteiger partial charge in [-0.3, -0.25) is 4.90 Å². The topological polar surface area (TPSA) is 15.3 Å². The minimum absolute atomic E-state index is 0.595. The van der Waals surface area contributed by atoms with E-state index in [1.165, 1.54) is 39.0 Å². The normalized spacial score (nSPS) is 36.0. The van der Waals surface area contributed by atoms with Gasteiger partial charge < -0.3 is 5.32 Å². The number of piperidine rings is 1. The van der Waals surface area contributed by atoms with Gasteiger partial charge in [-0.1, -0.05) is 13.8 Å². The van der Waals surface area contributed by atoms with Crippen LogP contribution < -0.4 is 5.32 Å². The molecule has 12 heavy (non-hydrogen) atoms. The highest BCUT2D eigenvalue weighted by molar-refractivity contribution is 4.93. The number of hydrogen-bond donors (Lipinski definition) is 1. The van der Waals surface area contributed by atoms with Crippen molar-refractivity contribution in [3.8, 4) is 0 Å². The van der Waals surface area contributed by atoms with Gasteiger partial charge in [0.05, 0.1) is 0 Å². The van der Waals surface area contributed by atoms with E-state index < -0.39 is 0 Å². The van der Waals surface area contributed by atoms with Gasteiger partial charge >= 0.3 is 0 Å². The lowest BCUT2D eigenvalue weighted by molar-refractivity contribution is -0.0131. The summed E-state index contributed by atoms with van der Waals surface area (Å²) in [5.41, 5.74) is 0.595. The van der Waals surface area contributed by atoms with Crippen LogP contribution in [0.25, 0.3) is 0 Å². The maximum atomic E-state index is 3.47. The van der Waals surface area contributed by atoms with E-state index in [9.17, 15) is 0 Å². The molecule has 70 valence electrons. The minimum Gasteiger partial charge on any atom is -0.315 e. The molecular weight excluding hydrogens is 148 g/mol. The molecule has 0 aromatic heterocycles. The van der Waals surface area contributed by atoms with Crippen molar-refractivity contribution in [2.24, 2.45) is 5.41 Å². The van der Waals surface area contributed by atoms with E-state index in [1.54, 1.807) is 0 Å². The van der Waals surface area contributed by atoms with Gasteiger partial charge in [0.25, 0.3) is 0 Å². The van der Waals surface area contributed by atoms with Crippen LogP contribution in [0, 0.1) is 5.41 Å². The molecule has 1 unspecified atom stereocenters. The Hall–Kier alpha value is -0.0800. The zero-order valence-electron chi connectivity index (χ0n) is 8.27. The molecule has 0 aromatic rings. The van der Waals surface area contributed by atoms with Gasteiger partial charge in [-0.05, 0) is 24.8 Å². The Morgan fingerprint density at radius 1 is 1.33 bits per heavy atom. The molecule has 1 atom stereocenters. The monoisotopic (exact) mass is 168 g/mol. The summed E-state index contributed by atoms with van der Waals surface area (Å²) >= 11 is 0. The molecule has 0 aliphatic carbocycles. The zero-order chi connectivity index (χ0) is 8.60. The first-order valence-electron chi connectivity index (χ1n) is 5.12. The second-order valence-electron chi connectivity index (χ2n) is 5.07. The number of likely N-dealkylation sites (tertiary alicyclic amines) is 1. The van der Waals surface area contributed by atoms with Crippen LogP contribution >= 0.6 is 0 Å². The zero-order valence-corrected chi connectivity index (χ0v) is 8.27. The molecule has 2 heterocycles. The van der Waals surface area contributed by atoms with Gasteiger partial charge in [-0.25, -0.2) is 0 Å². The number of nitrogens with one attached hydrogen (secondary N) is 1. The first kappa shape index (κ1) is 8.52. The Morgan fingerprint density at radius 3 is 2.58 bits per heavy atom. The summed E-state index contributed by atoms with van der Waals surface area (Å²) < 4.78 is 0. The fourth-order valence-corrected chi connectivity index (χ4v) is 2.46. The lowest BCUT2D eigenvalue weighted by Gasteiger charge is -2.51. The third kappa shape index (κ3) is 1.64. The fraction of sp³-hybridized carbons (Fsp3) is 1.00. The lowest BCUT2D eigenvalue weighted by atomic mass is 9.82. The summed E-state index contributed by atoms with van der Waals surface area (Å²) in [6.45, 7) is 9.78. The van der Waals surface area contributed by atoms with Crippen molar-refractivity contribution in [3.05, 3.63) is 0 Å². The Morgan fingerprint density at radius 2 is 2.08 bits per heavy atom. The molecule has 2 heteroatoms. The molecule has 0 saturated carbocycles. The quantitative estimate of drug-likeness (QED) is 0.630. The first-order chi connectivity index (χ1) is 5.67. The van der Waals surface area contributed by atoms with Crippen molar-refractivity contribution in [1.82, 2.24) is 10.2 Å². The van der Waals surface area contributed by atoms with E-state index in [-0.39, 0.29) is 0 Å². The number of nitrogens with zero attached hydrogens (tertiary/aromatic N) is 1. The first-order valence-corrected chi connectivity index (χ1v) is 5.12. The molecule has 0 spiro atoms.